The van der Waals surface area contributed by atoms with Crippen molar-refractivity contribution in [1.29, 1.82) is 0 Å². The lowest BCUT2D eigenvalue weighted by molar-refractivity contribution is 1.29. The third-order valence-electron chi connectivity index (χ3n) is 4.05. The molecule has 1 nitrogen and oxygen atoms in total. The Hall–Kier alpha value is -2.41. The van der Waals surface area contributed by atoms with Crippen molar-refractivity contribution >= 4 is 17.5 Å². The van der Waals surface area contributed by atoms with E-state index in [0.717, 1.165) is 12.1 Å². The maximum absolute atomic E-state index is 4.78. The van der Waals surface area contributed by atoms with Crippen LogP contribution >= 0.6 is 0 Å². The maximum Gasteiger partial charge on any atom is 0.0688 e. The van der Waals surface area contributed by atoms with E-state index in [4.69, 9.17) is 4.99 Å². The predicted molar refractivity (Wildman–Crippen MR) is 96.1 cm³/mol. The molecule has 0 atom stereocenters. The zero-order chi connectivity index (χ0) is 15.5. The van der Waals surface area contributed by atoms with Gasteiger partial charge in [-0.25, -0.2) is 0 Å². The summed E-state index contributed by atoms with van der Waals surface area (Å²) in [6, 6.07) is 12.9. The highest BCUT2D eigenvalue weighted by molar-refractivity contribution is 5.91. The first-order valence-corrected chi connectivity index (χ1v) is 7.72. The number of aryl methyl sites for hydroxylation is 3. The summed E-state index contributed by atoms with van der Waals surface area (Å²) in [4.78, 5) is 4.78. The third kappa shape index (κ3) is 2.94. The standard InChI is InChI=1S/C21H21N/c1-15-12-16(2)21(17(3)13-15)22-14-19-10-6-7-11-20(19)18-8-4-5-9-18/h4-8,10-14H,9H2,1-3H3/b22-14+. The van der Waals surface area contributed by atoms with Gasteiger partial charge in [0.05, 0.1) is 5.69 Å². The minimum absolute atomic E-state index is 1.01. The smallest absolute Gasteiger partial charge is 0.0688 e. The Morgan fingerprint density at radius 2 is 1.73 bits per heavy atom. The quantitative estimate of drug-likeness (QED) is 0.641. The van der Waals surface area contributed by atoms with Gasteiger partial charge in [0.15, 0.2) is 0 Å². The van der Waals surface area contributed by atoms with Crippen LogP contribution in [0.15, 0.2) is 59.6 Å². The molecule has 22 heavy (non-hydrogen) atoms. The first kappa shape index (κ1) is 14.5. The van der Waals surface area contributed by atoms with E-state index < -0.39 is 0 Å². The Kier molecular flexibility index (Phi) is 4.06. The first-order chi connectivity index (χ1) is 10.6. The normalized spacial score (nSPS) is 13.9. The molecule has 0 saturated carbocycles. The van der Waals surface area contributed by atoms with E-state index in [0.29, 0.717) is 0 Å². The van der Waals surface area contributed by atoms with Crippen LogP contribution in [0, 0.1) is 20.8 Å². The summed E-state index contributed by atoms with van der Waals surface area (Å²) in [7, 11) is 0. The molecule has 110 valence electrons. The van der Waals surface area contributed by atoms with Gasteiger partial charge in [-0.2, -0.15) is 0 Å². The summed E-state index contributed by atoms with van der Waals surface area (Å²) in [6.07, 6.45) is 9.51. The van der Waals surface area contributed by atoms with E-state index in [9.17, 15) is 0 Å². The molecular formula is C21H21N. The molecule has 0 aliphatic heterocycles. The highest BCUT2D eigenvalue weighted by Gasteiger charge is 2.07. The van der Waals surface area contributed by atoms with Crippen molar-refractivity contribution in [2.24, 2.45) is 4.99 Å². The number of benzene rings is 2. The summed E-state index contributed by atoms with van der Waals surface area (Å²) in [5, 5.41) is 0. The topological polar surface area (TPSA) is 12.4 Å². The summed E-state index contributed by atoms with van der Waals surface area (Å²) >= 11 is 0. The van der Waals surface area contributed by atoms with Crippen molar-refractivity contribution in [3.63, 3.8) is 0 Å². The van der Waals surface area contributed by atoms with E-state index >= 15 is 0 Å². The van der Waals surface area contributed by atoms with Crippen LogP contribution in [-0.2, 0) is 0 Å². The number of allylic oxidation sites excluding steroid dienone is 4. The number of hydrogen-bond donors (Lipinski definition) is 0. The largest absolute Gasteiger partial charge is 0.256 e. The summed E-state index contributed by atoms with van der Waals surface area (Å²) in [5.74, 6) is 0. The molecule has 2 aromatic carbocycles. The van der Waals surface area contributed by atoms with Crippen molar-refractivity contribution < 1.29 is 0 Å². The van der Waals surface area contributed by atoms with Crippen LogP contribution in [-0.4, -0.2) is 6.21 Å². The van der Waals surface area contributed by atoms with Crippen LogP contribution in [0.25, 0.3) is 5.57 Å². The van der Waals surface area contributed by atoms with Gasteiger partial charge < -0.3 is 0 Å². The van der Waals surface area contributed by atoms with E-state index in [-0.39, 0.29) is 0 Å². The fraction of sp³-hybridized carbons (Fsp3) is 0.190. The van der Waals surface area contributed by atoms with Crippen LogP contribution in [0.1, 0.15) is 34.2 Å². The second-order valence-electron chi connectivity index (χ2n) is 5.92. The molecular weight excluding hydrogens is 266 g/mol. The second kappa shape index (κ2) is 6.15. The van der Waals surface area contributed by atoms with Crippen molar-refractivity contribution in [2.45, 2.75) is 27.2 Å². The molecule has 1 heteroatoms. The Balaban J connectivity index is 1.97. The lowest BCUT2D eigenvalue weighted by Gasteiger charge is -2.09. The number of aliphatic imine (C=N–C) groups is 1. The Morgan fingerprint density at radius 1 is 1.00 bits per heavy atom. The van der Waals surface area contributed by atoms with E-state index in [1.807, 2.05) is 6.21 Å². The lowest BCUT2D eigenvalue weighted by Crippen LogP contribution is -1.91. The molecule has 0 fully saturated rings. The fourth-order valence-corrected chi connectivity index (χ4v) is 3.06. The summed E-state index contributed by atoms with van der Waals surface area (Å²) < 4.78 is 0. The monoisotopic (exact) mass is 287 g/mol. The first-order valence-electron chi connectivity index (χ1n) is 7.72. The Bertz CT molecular complexity index is 768. The average molecular weight is 287 g/mol. The molecule has 0 radical (unpaired) electrons. The third-order valence-corrected chi connectivity index (χ3v) is 4.05. The number of nitrogens with zero attached hydrogens (tertiary/aromatic N) is 1. The van der Waals surface area contributed by atoms with Crippen molar-refractivity contribution in [3.8, 4) is 0 Å². The van der Waals surface area contributed by atoms with Gasteiger partial charge in [-0.1, -0.05) is 60.2 Å². The number of hydrogen-bond acceptors (Lipinski definition) is 1. The predicted octanol–water partition coefficient (Wildman–Crippen LogP) is 5.71. The Morgan fingerprint density at radius 3 is 2.41 bits per heavy atom. The highest BCUT2D eigenvalue weighted by Crippen LogP contribution is 2.28. The molecule has 0 aromatic heterocycles. The van der Waals surface area contributed by atoms with Crippen LogP contribution in [0.5, 0.6) is 0 Å². The molecule has 0 amide bonds. The van der Waals surface area contributed by atoms with E-state index in [1.165, 1.54) is 33.4 Å². The van der Waals surface area contributed by atoms with Gasteiger partial charge in [0.25, 0.3) is 0 Å². The average Bonchev–Trinajstić information content (AvgIpc) is 3.00. The van der Waals surface area contributed by atoms with Crippen LogP contribution < -0.4 is 0 Å². The molecule has 1 aliphatic rings. The molecule has 3 rings (SSSR count). The summed E-state index contributed by atoms with van der Waals surface area (Å²) in [5.41, 5.74) is 8.64. The van der Waals surface area contributed by atoms with E-state index in [1.54, 1.807) is 0 Å². The minimum atomic E-state index is 1.01. The van der Waals surface area contributed by atoms with Gasteiger partial charge in [-0.05, 0) is 49.5 Å². The van der Waals surface area contributed by atoms with Crippen molar-refractivity contribution in [1.82, 2.24) is 0 Å². The maximum atomic E-state index is 4.78. The van der Waals surface area contributed by atoms with Gasteiger partial charge in [-0.15, -0.1) is 0 Å². The molecule has 1 aliphatic carbocycles. The number of rotatable bonds is 3. The minimum Gasteiger partial charge on any atom is -0.256 e. The van der Waals surface area contributed by atoms with Crippen LogP contribution in [0.3, 0.4) is 0 Å². The van der Waals surface area contributed by atoms with Gasteiger partial charge in [0.1, 0.15) is 0 Å². The molecule has 0 spiro atoms. The molecule has 0 heterocycles. The molecule has 0 bridgehead atoms. The van der Waals surface area contributed by atoms with Crippen molar-refractivity contribution in [3.05, 3.63) is 82.4 Å². The summed E-state index contributed by atoms with van der Waals surface area (Å²) in [6.45, 7) is 6.38. The van der Waals surface area contributed by atoms with Crippen LogP contribution in [0.4, 0.5) is 5.69 Å². The Labute approximate surface area is 132 Å². The van der Waals surface area contributed by atoms with Crippen LogP contribution in [0.2, 0.25) is 0 Å². The molecule has 2 aromatic rings. The van der Waals surface area contributed by atoms with Crippen molar-refractivity contribution in [2.75, 3.05) is 0 Å². The fourth-order valence-electron chi connectivity index (χ4n) is 3.06. The second-order valence-corrected chi connectivity index (χ2v) is 5.92. The van der Waals surface area contributed by atoms with Gasteiger partial charge in [-0.3, -0.25) is 4.99 Å². The molecule has 0 saturated heterocycles. The SMILES string of the molecule is Cc1cc(C)c(/N=C/c2ccccc2C2=CC=CC2)c(C)c1. The van der Waals surface area contributed by atoms with Gasteiger partial charge in [0, 0.05) is 11.8 Å². The zero-order valence-corrected chi connectivity index (χ0v) is 13.4. The zero-order valence-electron chi connectivity index (χ0n) is 13.4. The van der Waals surface area contributed by atoms with Gasteiger partial charge >= 0.3 is 0 Å². The lowest BCUT2D eigenvalue weighted by atomic mass is 9.99. The van der Waals surface area contributed by atoms with E-state index in [2.05, 4.69) is 75.4 Å². The molecule has 0 unspecified atom stereocenters. The van der Waals surface area contributed by atoms with Gasteiger partial charge in [0.2, 0.25) is 0 Å². The molecule has 0 N–H and O–H groups in total. The highest BCUT2D eigenvalue weighted by atomic mass is 14.7.